The number of nitrogens with one attached hydrogen (secondary N) is 3. The molecule has 6 amide bonds. The number of likely N-dealkylation sites (N-methyl/N-ethyl adjacent to an activating group) is 2. The van der Waals surface area contributed by atoms with E-state index in [1.807, 2.05) is 46.7 Å². The maximum atomic E-state index is 14.3. The van der Waals surface area contributed by atoms with Crippen LogP contribution in [0.2, 0.25) is 0 Å². The van der Waals surface area contributed by atoms with Crippen molar-refractivity contribution in [3.05, 3.63) is 29.8 Å². The SMILES string of the molecule is CCC(C)C(C(CC(=O)N1CCCC1C(OC)C(C)C(=O)NC(Cc1ccc(OCC(=O)N2CCC(C(=O)O)C2)cc1)C(=O)NSC1CC1)OC)N(C)C(=O)CNC(=O)C(C(C)C)N(C)C. The number of nitrogens with zero attached hydrogens (tertiary/aromatic N) is 4. The summed E-state index contributed by atoms with van der Waals surface area (Å²) in [5.41, 5.74) is 0.738. The summed E-state index contributed by atoms with van der Waals surface area (Å²) in [6.45, 7) is 10.2. The summed E-state index contributed by atoms with van der Waals surface area (Å²) in [5, 5.41) is 15.4. The largest absolute Gasteiger partial charge is 0.484 e. The van der Waals surface area contributed by atoms with Crippen LogP contribution in [-0.2, 0) is 49.5 Å². The molecule has 0 bridgehead atoms. The van der Waals surface area contributed by atoms with Crippen LogP contribution in [0.3, 0.4) is 0 Å². The number of carboxylic acid groups (broad SMARTS) is 1. The molecule has 19 heteroatoms. The molecule has 0 aromatic heterocycles. The number of carboxylic acids is 1. The van der Waals surface area contributed by atoms with Crippen LogP contribution < -0.4 is 20.1 Å². The minimum atomic E-state index is -0.937. The van der Waals surface area contributed by atoms with Gasteiger partial charge in [-0.3, -0.25) is 43.2 Å². The second-order valence-corrected chi connectivity index (χ2v) is 19.8. The zero-order valence-corrected chi connectivity index (χ0v) is 41.4. The van der Waals surface area contributed by atoms with Gasteiger partial charge in [-0.05, 0) is 87.7 Å². The quantitative estimate of drug-likeness (QED) is 0.0985. The van der Waals surface area contributed by atoms with Gasteiger partial charge in [0.15, 0.2) is 6.61 Å². The number of hydrogen-bond acceptors (Lipinski definition) is 12. The maximum absolute atomic E-state index is 14.3. The molecule has 4 N–H and O–H groups in total. The number of benzene rings is 1. The van der Waals surface area contributed by atoms with E-state index < -0.39 is 60.1 Å². The Morgan fingerprint density at radius 2 is 1.56 bits per heavy atom. The first kappa shape index (κ1) is 54.1. The van der Waals surface area contributed by atoms with Gasteiger partial charge in [-0.2, -0.15) is 0 Å². The van der Waals surface area contributed by atoms with Crippen molar-refractivity contribution in [2.45, 2.75) is 128 Å². The number of likely N-dealkylation sites (tertiary alicyclic amines) is 2. The molecule has 0 radical (unpaired) electrons. The Hall–Kier alpha value is -4.46. The third-order valence-corrected chi connectivity index (χ3v) is 14.4. The van der Waals surface area contributed by atoms with Gasteiger partial charge in [0, 0.05) is 52.6 Å². The molecule has 1 aromatic rings. The molecular formula is C47H75N7O11S. The second kappa shape index (κ2) is 25.6. The predicted octanol–water partition coefficient (Wildman–Crippen LogP) is 2.58. The second-order valence-electron chi connectivity index (χ2n) is 18.7. The summed E-state index contributed by atoms with van der Waals surface area (Å²) < 4.78 is 20.6. The lowest BCUT2D eigenvalue weighted by Crippen LogP contribution is -2.55. The highest BCUT2D eigenvalue weighted by molar-refractivity contribution is 7.98. The highest BCUT2D eigenvalue weighted by Gasteiger charge is 2.43. The molecule has 0 spiro atoms. The van der Waals surface area contributed by atoms with Crippen LogP contribution in [0.5, 0.6) is 5.75 Å². The van der Waals surface area contributed by atoms with Crippen molar-refractivity contribution in [3.8, 4) is 5.75 Å². The lowest BCUT2D eigenvalue weighted by molar-refractivity contribution is -0.146. The van der Waals surface area contributed by atoms with Gasteiger partial charge < -0.3 is 44.7 Å². The van der Waals surface area contributed by atoms with E-state index in [0.29, 0.717) is 49.8 Å². The van der Waals surface area contributed by atoms with E-state index in [0.717, 1.165) is 18.4 Å². The first-order valence-corrected chi connectivity index (χ1v) is 24.2. The Balaban J connectivity index is 1.40. The first-order valence-electron chi connectivity index (χ1n) is 23.3. The molecule has 2 saturated heterocycles. The predicted molar refractivity (Wildman–Crippen MR) is 250 cm³/mol. The summed E-state index contributed by atoms with van der Waals surface area (Å²) in [5.74, 6) is -3.62. The van der Waals surface area contributed by atoms with E-state index in [2.05, 4.69) is 15.4 Å². The van der Waals surface area contributed by atoms with Gasteiger partial charge in [0.05, 0.1) is 55.1 Å². The highest BCUT2D eigenvalue weighted by Crippen LogP contribution is 2.32. The van der Waals surface area contributed by atoms with Gasteiger partial charge in [-0.1, -0.05) is 53.2 Å². The van der Waals surface area contributed by atoms with Crippen molar-refractivity contribution in [3.63, 3.8) is 0 Å². The summed E-state index contributed by atoms with van der Waals surface area (Å²) in [4.78, 5) is 99.2. The van der Waals surface area contributed by atoms with Crippen LogP contribution in [-0.4, -0.2) is 176 Å². The van der Waals surface area contributed by atoms with Gasteiger partial charge in [0.2, 0.25) is 23.6 Å². The minimum absolute atomic E-state index is 0.0221. The first-order chi connectivity index (χ1) is 31.3. The number of aliphatic carboxylic acids is 1. The molecular weight excluding hydrogens is 871 g/mol. The number of methoxy groups -OCH3 is 2. The molecule has 2 aliphatic heterocycles. The van der Waals surface area contributed by atoms with Crippen molar-refractivity contribution in [2.24, 2.45) is 23.7 Å². The summed E-state index contributed by atoms with van der Waals surface area (Å²) in [6.07, 6.45) is 3.19. The van der Waals surface area contributed by atoms with E-state index in [1.165, 1.54) is 31.1 Å². The fourth-order valence-corrected chi connectivity index (χ4v) is 9.94. The Kier molecular flexibility index (Phi) is 21.0. The van der Waals surface area contributed by atoms with E-state index in [9.17, 15) is 38.7 Å². The Labute approximate surface area is 395 Å². The zero-order chi connectivity index (χ0) is 48.8. The van der Waals surface area contributed by atoms with Crippen LogP contribution >= 0.6 is 11.9 Å². The van der Waals surface area contributed by atoms with Crippen molar-refractivity contribution in [2.75, 3.05) is 68.1 Å². The van der Waals surface area contributed by atoms with Gasteiger partial charge in [-0.25, -0.2) is 0 Å². The van der Waals surface area contributed by atoms with Gasteiger partial charge in [0.25, 0.3) is 11.8 Å². The Bertz CT molecular complexity index is 1810. The molecule has 1 saturated carbocycles. The average molecular weight is 946 g/mol. The molecule has 9 unspecified atom stereocenters. The molecule has 1 aliphatic carbocycles. The van der Waals surface area contributed by atoms with Crippen LogP contribution in [0.15, 0.2) is 24.3 Å². The van der Waals surface area contributed by atoms with Crippen molar-refractivity contribution < 1.29 is 52.9 Å². The van der Waals surface area contributed by atoms with Crippen LogP contribution in [0.25, 0.3) is 0 Å². The molecule has 66 heavy (non-hydrogen) atoms. The lowest BCUT2D eigenvalue weighted by atomic mass is 9.90. The zero-order valence-electron chi connectivity index (χ0n) is 40.6. The summed E-state index contributed by atoms with van der Waals surface area (Å²) in [7, 11) is 8.37. The molecule has 3 fully saturated rings. The third-order valence-electron chi connectivity index (χ3n) is 13.3. The van der Waals surface area contributed by atoms with Crippen LogP contribution in [0.1, 0.15) is 85.1 Å². The van der Waals surface area contributed by atoms with Crippen LogP contribution in [0.4, 0.5) is 0 Å². The summed E-state index contributed by atoms with van der Waals surface area (Å²) in [6, 6.07) is 4.64. The Morgan fingerprint density at radius 1 is 0.879 bits per heavy atom. The smallest absolute Gasteiger partial charge is 0.308 e. The van der Waals surface area contributed by atoms with Crippen molar-refractivity contribution in [1.82, 2.24) is 35.0 Å². The average Bonchev–Trinajstić information content (AvgIpc) is 3.74. The van der Waals surface area contributed by atoms with Gasteiger partial charge in [0.1, 0.15) is 11.8 Å². The third kappa shape index (κ3) is 15.0. The van der Waals surface area contributed by atoms with Crippen molar-refractivity contribution in [1.29, 1.82) is 0 Å². The van der Waals surface area contributed by atoms with Crippen LogP contribution in [0, 0.1) is 23.7 Å². The minimum Gasteiger partial charge on any atom is -0.484 e. The molecule has 1 aromatic carbocycles. The number of amides is 6. The standard InChI is InChI=1S/C47H75N7O11S/c1-11-29(4)42(52(8)39(56)25-48-46(60)41(28(2)3)51(6)7)37(63-9)24-38(55)54-21-12-13-36(54)43(64-10)30(5)44(58)49-35(45(59)50-66-34-18-19-34)23-31-14-16-33(17-15-31)65-27-40(57)53-22-20-32(26-53)47(61)62/h14-17,28-30,32,34-37,41-43H,11-13,18-27H2,1-10H3,(H,48,60)(H,49,58)(H,50,59)(H,61,62). The molecule has 9 atom stereocenters. The van der Waals surface area contributed by atoms with E-state index >= 15 is 0 Å². The number of rotatable bonds is 26. The molecule has 2 heterocycles. The topological polar surface area (TPSA) is 216 Å². The monoisotopic (exact) mass is 946 g/mol. The molecule has 3 aliphatic rings. The lowest BCUT2D eigenvalue weighted by Gasteiger charge is -2.39. The van der Waals surface area contributed by atoms with Gasteiger partial charge in [-0.15, -0.1) is 0 Å². The van der Waals surface area contributed by atoms with Crippen molar-refractivity contribution >= 4 is 53.4 Å². The van der Waals surface area contributed by atoms with Gasteiger partial charge >= 0.3 is 5.97 Å². The molecule has 18 nitrogen and oxygen atoms in total. The number of carbonyl (C=O) groups is 7. The maximum Gasteiger partial charge on any atom is 0.308 e. The number of hydrogen-bond donors (Lipinski definition) is 4. The highest BCUT2D eigenvalue weighted by atomic mass is 32.2. The molecule has 370 valence electrons. The fourth-order valence-electron chi connectivity index (χ4n) is 9.14. The molecule has 4 rings (SSSR count). The van der Waals surface area contributed by atoms with E-state index in [-0.39, 0.29) is 73.9 Å². The number of carbonyl (C=O) groups excluding carboxylic acids is 6. The summed E-state index contributed by atoms with van der Waals surface area (Å²) >= 11 is 1.35. The normalized spacial score (nSPS) is 20.5. The number of ether oxygens (including phenoxy) is 3. The Morgan fingerprint density at radius 3 is 2.12 bits per heavy atom. The van der Waals surface area contributed by atoms with E-state index in [1.54, 1.807) is 48.0 Å². The van der Waals surface area contributed by atoms with E-state index in [4.69, 9.17) is 14.2 Å². The fraction of sp³-hybridized carbons (Fsp3) is 0.723.